The Labute approximate surface area is 162 Å². The highest BCUT2D eigenvalue weighted by Crippen LogP contribution is 2.36. The number of halogens is 1. The average molecular weight is 458 g/mol. The molecule has 0 bridgehead atoms. The predicted molar refractivity (Wildman–Crippen MR) is 102 cm³/mol. The molecule has 0 aliphatic carbocycles. The second kappa shape index (κ2) is 7.56. The van der Waals surface area contributed by atoms with Crippen molar-refractivity contribution >= 4 is 60.6 Å². The van der Waals surface area contributed by atoms with Crippen molar-refractivity contribution in [3.8, 4) is 5.75 Å². The molecule has 1 heterocycles. The molecule has 136 valence electrons. The van der Waals surface area contributed by atoms with E-state index in [9.17, 15) is 13.2 Å². The number of fused-ring (bicyclic) bond motifs is 1. The Balaban J connectivity index is 1.80. The largest absolute Gasteiger partial charge is 0.453 e. The molecule has 0 aromatic heterocycles. The van der Waals surface area contributed by atoms with Crippen LogP contribution in [0, 0.1) is 0 Å². The van der Waals surface area contributed by atoms with E-state index in [4.69, 9.17) is 4.18 Å². The fourth-order valence-electron chi connectivity index (χ4n) is 1.95. The van der Waals surface area contributed by atoms with E-state index in [1.54, 1.807) is 18.2 Å². The van der Waals surface area contributed by atoms with Crippen molar-refractivity contribution in [3.05, 3.63) is 46.9 Å². The molecule has 2 aromatic carbocycles. The van der Waals surface area contributed by atoms with Gasteiger partial charge in [-0.2, -0.15) is 8.42 Å². The number of amides is 1. The number of carbonyl (C=O) groups is 1. The van der Waals surface area contributed by atoms with Gasteiger partial charge in [0.1, 0.15) is 10.6 Å². The maximum absolute atomic E-state index is 12.3. The van der Waals surface area contributed by atoms with Crippen LogP contribution in [0.3, 0.4) is 0 Å². The van der Waals surface area contributed by atoms with Crippen LogP contribution in [0.2, 0.25) is 0 Å². The molecule has 0 spiro atoms. The second-order valence-electron chi connectivity index (χ2n) is 4.91. The molecule has 8 nitrogen and oxygen atoms in total. The zero-order chi connectivity index (χ0) is 18.7. The number of nitrogens with zero attached hydrogens (tertiary/aromatic N) is 1. The lowest BCUT2D eigenvalue weighted by molar-refractivity contribution is 0.177. The number of rotatable bonds is 3. The maximum atomic E-state index is 12.3. The predicted octanol–water partition coefficient (Wildman–Crippen LogP) is 3.63. The number of nitrogens with one attached hydrogen (secondary N) is 2. The van der Waals surface area contributed by atoms with Gasteiger partial charge in [0.25, 0.3) is 0 Å². The summed E-state index contributed by atoms with van der Waals surface area (Å²) in [4.78, 5) is 15.5. The van der Waals surface area contributed by atoms with E-state index in [1.165, 1.54) is 31.4 Å². The minimum Gasteiger partial charge on any atom is -0.453 e. The molecule has 0 saturated heterocycles. The first-order chi connectivity index (χ1) is 12.4. The average Bonchev–Trinajstić information content (AvgIpc) is 2.61. The molecular weight excluding hydrogens is 446 g/mol. The van der Waals surface area contributed by atoms with E-state index < -0.39 is 16.2 Å². The van der Waals surface area contributed by atoms with Crippen LogP contribution >= 0.6 is 27.9 Å². The molecule has 11 heteroatoms. The zero-order valence-corrected chi connectivity index (χ0v) is 16.4. The monoisotopic (exact) mass is 457 g/mol. The van der Waals surface area contributed by atoms with Crippen LogP contribution in [0.5, 0.6) is 5.75 Å². The molecule has 3 rings (SSSR count). The van der Waals surface area contributed by atoms with Crippen molar-refractivity contribution in [2.24, 2.45) is 4.99 Å². The lowest BCUT2D eigenvalue weighted by Crippen LogP contribution is -2.29. The van der Waals surface area contributed by atoms with Gasteiger partial charge in [0.2, 0.25) is 0 Å². The van der Waals surface area contributed by atoms with Crippen molar-refractivity contribution in [1.82, 2.24) is 5.32 Å². The van der Waals surface area contributed by atoms with Crippen LogP contribution in [0.25, 0.3) is 0 Å². The minimum atomic E-state index is -3.95. The molecule has 2 aromatic rings. The fourth-order valence-corrected chi connectivity index (χ4v) is 3.79. The number of carbonyl (C=O) groups excluding carboxylic acids is 1. The number of hydrogen-bond acceptors (Lipinski definition) is 8. The van der Waals surface area contributed by atoms with Crippen LogP contribution in [0.1, 0.15) is 0 Å². The van der Waals surface area contributed by atoms with Crippen LogP contribution in [0.4, 0.5) is 16.2 Å². The molecule has 0 atom stereocenters. The molecule has 0 radical (unpaired) electrons. The summed E-state index contributed by atoms with van der Waals surface area (Å²) < 4.78 is 38.1. The first-order valence-corrected chi connectivity index (χ1v) is 10.1. The number of anilines is 1. The third-order valence-corrected chi connectivity index (χ3v) is 5.65. The molecule has 2 N–H and O–H groups in total. The van der Waals surface area contributed by atoms with Crippen LogP contribution < -0.4 is 14.2 Å². The normalized spacial score (nSPS) is 13.1. The van der Waals surface area contributed by atoms with E-state index >= 15 is 0 Å². The number of aliphatic imine (C=N–C) groups is 1. The summed E-state index contributed by atoms with van der Waals surface area (Å²) in [7, 11) is -2.70. The van der Waals surface area contributed by atoms with Gasteiger partial charge in [0.15, 0.2) is 5.17 Å². The van der Waals surface area contributed by atoms with Gasteiger partial charge in [-0.05, 0) is 36.4 Å². The van der Waals surface area contributed by atoms with Crippen molar-refractivity contribution in [3.63, 3.8) is 0 Å². The Kier molecular flexibility index (Phi) is 5.39. The molecular formula is C15H12BrN3O5S2. The topological polar surface area (TPSA) is 106 Å². The Bertz CT molecular complexity index is 977. The standard InChI is InChI=1S/C15H12BrN3O5S2/c1-23-15(20)18-14-17-12-7-4-10(8-13(12)19-25-14)24-26(21,22)11-5-2-9(16)3-6-11/h2-8,19H,1H3,(H,17,18,20). The lowest BCUT2D eigenvalue weighted by Gasteiger charge is -2.17. The highest BCUT2D eigenvalue weighted by atomic mass is 79.9. The maximum Gasteiger partial charge on any atom is 0.412 e. The molecule has 0 saturated carbocycles. The van der Waals surface area contributed by atoms with Gasteiger partial charge in [-0.3, -0.25) is 5.32 Å². The van der Waals surface area contributed by atoms with Gasteiger partial charge in [-0.15, -0.1) is 0 Å². The van der Waals surface area contributed by atoms with Crippen molar-refractivity contribution < 1.29 is 22.1 Å². The fraction of sp³-hybridized carbons (Fsp3) is 0.0667. The zero-order valence-electron chi connectivity index (χ0n) is 13.2. The van der Waals surface area contributed by atoms with Gasteiger partial charge in [0, 0.05) is 22.5 Å². The van der Waals surface area contributed by atoms with E-state index in [0.717, 1.165) is 16.4 Å². The Morgan fingerprint density at radius 3 is 2.65 bits per heavy atom. The van der Waals surface area contributed by atoms with E-state index in [0.29, 0.717) is 16.5 Å². The number of hydrogen-bond donors (Lipinski definition) is 2. The molecule has 1 amide bonds. The smallest absolute Gasteiger partial charge is 0.412 e. The first-order valence-electron chi connectivity index (χ1n) is 7.08. The second-order valence-corrected chi connectivity index (χ2v) is 8.16. The summed E-state index contributed by atoms with van der Waals surface area (Å²) >= 11 is 4.30. The summed E-state index contributed by atoms with van der Waals surface area (Å²) in [5.74, 6) is 0.138. The minimum absolute atomic E-state index is 0.0448. The van der Waals surface area contributed by atoms with Crippen molar-refractivity contribution in [2.75, 3.05) is 11.8 Å². The highest BCUT2D eigenvalue weighted by Gasteiger charge is 2.19. The number of methoxy groups -OCH3 is 1. The SMILES string of the molecule is COC(=O)NC1=Nc2ccc(OS(=O)(=O)c3ccc(Br)cc3)cc2NS1. The van der Waals surface area contributed by atoms with Crippen molar-refractivity contribution in [2.45, 2.75) is 4.90 Å². The quantitative estimate of drug-likeness (QED) is 0.535. The highest BCUT2D eigenvalue weighted by molar-refractivity contribution is 9.10. The summed E-state index contributed by atoms with van der Waals surface area (Å²) in [6, 6.07) is 10.7. The Hall–Kier alpha value is -2.24. The Morgan fingerprint density at radius 2 is 1.96 bits per heavy atom. The summed E-state index contributed by atoms with van der Waals surface area (Å²) in [6.07, 6.45) is -0.637. The summed E-state index contributed by atoms with van der Waals surface area (Å²) in [6.45, 7) is 0. The number of amidine groups is 1. The van der Waals surface area contributed by atoms with Crippen LogP contribution in [-0.4, -0.2) is 26.8 Å². The van der Waals surface area contributed by atoms with Crippen LogP contribution in [0.15, 0.2) is 56.8 Å². The first kappa shape index (κ1) is 18.5. The molecule has 1 aliphatic heterocycles. The number of benzene rings is 2. The van der Waals surface area contributed by atoms with Gasteiger partial charge in [-0.25, -0.2) is 9.79 Å². The summed E-state index contributed by atoms with van der Waals surface area (Å²) in [5, 5.41) is 2.75. The summed E-state index contributed by atoms with van der Waals surface area (Å²) in [5.41, 5.74) is 1.07. The van der Waals surface area contributed by atoms with Gasteiger partial charge in [0.05, 0.1) is 18.5 Å². The molecule has 26 heavy (non-hydrogen) atoms. The van der Waals surface area contributed by atoms with Crippen molar-refractivity contribution in [1.29, 1.82) is 0 Å². The lowest BCUT2D eigenvalue weighted by atomic mass is 10.2. The third-order valence-electron chi connectivity index (χ3n) is 3.15. The third kappa shape index (κ3) is 4.29. The number of alkyl carbamates (subject to hydrolysis) is 1. The molecule has 0 fully saturated rings. The van der Waals surface area contributed by atoms with E-state index in [-0.39, 0.29) is 10.6 Å². The van der Waals surface area contributed by atoms with E-state index in [1.807, 2.05) is 0 Å². The van der Waals surface area contributed by atoms with Gasteiger partial charge < -0.3 is 13.6 Å². The van der Waals surface area contributed by atoms with Crippen LogP contribution in [-0.2, 0) is 14.9 Å². The Morgan fingerprint density at radius 1 is 1.23 bits per heavy atom. The molecule has 1 aliphatic rings. The van der Waals surface area contributed by atoms with Gasteiger partial charge >= 0.3 is 16.2 Å². The number of ether oxygens (including phenoxy) is 1. The van der Waals surface area contributed by atoms with E-state index in [2.05, 4.69) is 35.7 Å². The molecule has 0 unspecified atom stereocenters. The van der Waals surface area contributed by atoms with Gasteiger partial charge in [-0.1, -0.05) is 15.9 Å².